The Morgan fingerprint density at radius 1 is 1.68 bits per heavy atom. The van der Waals surface area contributed by atoms with Crippen molar-refractivity contribution in [2.75, 3.05) is 20.2 Å². The zero-order valence-corrected chi connectivity index (χ0v) is 10.7. The third kappa shape index (κ3) is 3.35. The monoisotopic (exact) mass is 261 g/mol. The van der Waals surface area contributed by atoms with Crippen molar-refractivity contribution in [2.24, 2.45) is 11.0 Å². The SMILES string of the molecule is COc1cc(CN2CC(CN=[N+]=[N-])CC2=O)ccn1. The number of pyridine rings is 1. The van der Waals surface area contributed by atoms with Crippen molar-refractivity contribution in [3.8, 4) is 5.88 Å². The molecule has 2 rings (SSSR count). The number of aromatic nitrogens is 1. The lowest BCUT2D eigenvalue weighted by atomic mass is 10.1. The van der Waals surface area contributed by atoms with E-state index in [0.29, 0.717) is 31.9 Å². The highest BCUT2D eigenvalue weighted by atomic mass is 16.5. The highest BCUT2D eigenvalue weighted by Gasteiger charge is 2.28. The summed E-state index contributed by atoms with van der Waals surface area (Å²) in [6.07, 6.45) is 2.10. The van der Waals surface area contributed by atoms with Crippen molar-refractivity contribution in [2.45, 2.75) is 13.0 Å². The predicted molar refractivity (Wildman–Crippen MR) is 68.3 cm³/mol. The van der Waals surface area contributed by atoms with Gasteiger partial charge in [0.25, 0.3) is 0 Å². The van der Waals surface area contributed by atoms with Crippen LogP contribution in [0.15, 0.2) is 23.4 Å². The van der Waals surface area contributed by atoms with Crippen molar-refractivity contribution < 1.29 is 9.53 Å². The molecule has 0 spiro atoms. The number of amides is 1. The second-order valence-corrected chi connectivity index (χ2v) is 4.46. The molecule has 1 atom stereocenters. The molecule has 1 aliphatic heterocycles. The quantitative estimate of drug-likeness (QED) is 0.459. The molecule has 1 aromatic heterocycles. The highest BCUT2D eigenvalue weighted by molar-refractivity contribution is 5.78. The second-order valence-electron chi connectivity index (χ2n) is 4.46. The first kappa shape index (κ1) is 13.2. The first-order valence-electron chi connectivity index (χ1n) is 6.00. The Morgan fingerprint density at radius 2 is 2.53 bits per heavy atom. The Labute approximate surface area is 110 Å². The van der Waals surface area contributed by atoms with Gasteiger partial charge < -0.3 is 9.64 Å². The van der Waals surface area contributed by atoms with Gasteiger partial charge in [0, 0.05) is 43.2 Å². The molecule has 1 saturated heterocycles. The maximum atomic E-state index is 11.9. The Morgan fingerprint density at radius 3 is 3.26 bits per heavy atom. The Kier molecular flexibility index (Phi) is 4.20. The summed E-state index contributed by atoms with van der Waals surface area (Å²) in [4.78, 5) is 20.4. The van der Waals surface area contributed by atoms with Crippen LogP contribution in [0.1, 0.15) is 12.0 Å². The van der Waals surface area contributed by atoms with Crippen LogP contribution >= 0.6 is 0 Å². The summed E-state index contributed by atoms with van der Waals surface area (Å²) < 4.78 is 5.05. The van der Waals surface area contributed by atoms with E-state index in [1.54, 1.807) is 18.2 Å². The molecular weight excluding hydrogens is 246 g/mol. The fourth-order valence-corrected chi connectivity index (χ4v) is 2.16. The topological polar surface area (TPSA) is 91.2 Å². The number of carbonyl (C=O) groups is 1. The van der Waals surface area contributed by atoms with Gasteiger partial charge in [-0.15, -0.1) is 0 Å². The van der Waals surface area contributed by atoms with Crippen molar-refractivity contribution in [1.82, 2.24) is 9.88 Å². The van der Waals surface area contributed by atoms with E-state index in [1.165, 1.54) is 0 Å². The number of nitrogens with zero attached hydrogens (tertiary/aromatic N) is 5. The lowest BCUT2D eigenvalue weighted by Crippen LogP contribution is -2.24. The third-order valence-electron chi connectivity index (χ3n) is 3.08. The van der Waals surface area contributed by atoms with Gasteiger partial charge in [-0.25, -0.2) is 4.98 Å². The van der Waals surface area contributed by atoms with E-state index in [4.69, 9.17) is 10.3 Å². The first-order chi connectivity index (χ1) is 9.22. The summed E-state index contributed by atoms with van der Waals surface area (Å²) >= 11 is 0. The van der Waals surface area contributed by atoms with Crippen LogP contribution in [0.5, 0.6) is 5.88 Å². The van der Waals surface area contributed by atoms with E-state index in [-0.39, 0.29) is 11.8 Å². The molecular formula is C12H15N5O2. The fourth-order valence-electron chi connectivity index (χ4n) is 2.16. The Balaban J connectivity index is 1.99. The van der Waals surface area contributed by atoms with E-state index in [1.807, 2.05) is 12.1 Å². The Bertz CT molecular complexity index is 513. The highest BCUT2D eigenvalue weighted by Crippen LogP contribution is 2.21. The minimum absolute atomic E-state index is 0.0916. The standard InChI is InChI=1S/C12H15N5O2/c1-19-11-4-9(2-3-14-11)7-17-8-10(5-12(17)18)6-15-16-13/h2-4,10H,5-8H2,1H3. The number of hydrogen-bond acceptors (Lipinski definition) is 4. The maximum absolute atomic E-state index is 11.9. The van der Waals surface area contributed by atoms with Crippen LogP contribution in [-0.2, 0) is 11.3 Å². The molecule has 1 fully saturated rings. The molecule has 0 radical (unpaired) electrons. The van der Waals surface area contributed by atoms with E-state index in [2.05, 4.69) is 15.0 Å². The average Bonchev–Trinajstić information content (AvgIpc) is 2.77. The molecule has 0 aromatic carbocycles. The molecule has 0 bridgehead atoms. The van der Waals surface area contributed by atoms with Crippen LogP contribution in [0.25, 0.3) is 10.4 Å². The van der Waals surface area contributed by atoms with Gasteiger partial charge in [-0.1, -0.05) is 5.11 Å². The van der Waals surface area contributed by atoms with Crippen molar-refractivity contribution in [3.63, 3.8) is 0 Å². The number of rotatable bonds is 5. The van der Waals surface area contributed by atoms with E-state index in [9.17, 15) is 4.79 Å². The van der Waals surface area contributed by atoms with Gasteiger partial charge in [0.15, 0.2) is 0 Å². The van der Waals surface area contributed by atoms with E-state index >= 15 is 0 Å². The van der Waals surface area contributed by atoms with E-state index < -0.39 is 0 Å². The van der Waals surface area contributed by atoms with Crippen LogP contribution in [0.4, 0.5) is 0 Å². The zero-order valence-electron chi connectivity index (χ0n) is 10.7. The second kappa shape index (κ2) is 6.06. The van der Waals surface area contributed by atoms with Crippen LogP contribution < -0.4 is 4.74 Å². The summed E-state index contributed by atoms with van der Waals surface area (Å²) in [7, 11) is 1.56. The van der Waals surface area contributed by atoms with Gasteiger partial charge in [-0.2, -0.15) is 0 Å². The number of likely N-dealkylation sites (tertiary alicyclic amines) is 1. The largest absolute Gasteiger partial charge is 0.481 e. The minimum atomic E-state index is 0.0916. The molecule has 1 unspecified atom stereocenters. The first-order valence-corrected chi connectivity index (χ1v) is 6.00. The lowest BCUT2D eigenvalue weighted by Gasteiger charge is -2.16. The molecule has 0 saturated carbocycles. The van der Waals surface area contributed by atoms with Crippen LogP contribution in [0.2, 0.25) is 0 Å². The van der Waals surface area contributed by atoms with Crippen molar-refractivity contribution in [1.29, 1.82) is 0 Å². The maximum Gasteiger partial charge on any atom is 0.223 e. The van der Waals surface area contributed by atoms with Gasteiger partial charge >= 0.3 is 0 Å². The molecule has 1 aromatic rings. The predicted octanol–water partition coefficient (Wildman–Crippen LogP) is 1.75. The van der Waals surface area contributed by atoms with Gasteiger partial charge in [0.1, 0.15) is 0 Å². The third-order valence-corrected chi connectivity index (χ3v) is 3.08. The van der Waals surface area contributed by atoms with Gasteiger partial charge in [0.05, 0.1) is 7.11 Å². The molecule has 1 amide bonds. The molecule has 0 aliphatic carbocycles. The molecule has 100 valence electrons. The molecule has 7 nitrogen and oxygen atoms in total. The van der Waals surface area contributed by atoms with Gasteiger partial charge in [0.2, 0.25) is 11.8 Å². The van der Waals surface area contributed by atoms with Crippen molar-refractivity contribution >= 4 is 5.91 Å². The average molecular weight is 261 g/mol. The summed E-state index contributed by atoms with van der Waals surface area (Å²) in [5, 5.41) is 3.53. The van der Waals surface area contributed by atoms with Crippen LogP contribution in [-0.4, -0.2) is 36.0 Å². The summed E-state index contributed by atoms with van der Waals surface area (Å²) in [6, 6.07) is 3.67. The molecule has 7 heteroatoms. The molecule has 2 heterocycles. The molecule has 19 heavy (non-hydrogen) atoms. The van der Waals surface area contributed by atoms with Gasteiger partial charge in [-0.05, 0) is 23.1 Å². The summed E-state index contributed by atoms with van der Waals surface area (Å²) in [6.45, 7) is 1.53. The number of methoxy groups -OCH3 is 1. The molecule has 0 N–H and O–H groups in total. The summed E-state index contributed by atoms with van der Waals surface area (Å²) in [5.74, 6) is 0.746. The van der Waals surface area contributed by atoms with Crippen LogP contribution in [0, 0.1) is 5.92 Å². The summed E-state index contributed by atoms with van der Waals surface area (Å²) in [5.41, 5.74) is 9.27. The van der Waals surface area contributed by atoms with E-state index in [0.717, 1.165) is 5.56 Å². The lowest BCUT2D eigenvalue weighted by molar-refractivity contribution is -0.128. The number of azide groups is 1. The minimum Gasteiger partial charge on any atom is -0.481 e. The molecule has 1 aliphatic rings. The normalized spacial score (nSPS) is 18.3. The zero-order chi connectivity index (χ0) is 13.7. The number of hydrogen-bond donors (Lipinski definition) is 0. The smallest absolute Gasteiger partial charge is 0.223 e. The Hall–Kier alpha value is -2.27. The van der Waals surface area contributed by atoms with Crippen LogP contribution in [0.3, 0.4) is 0 Å². The number of ether oxygens (including phenoxy) is 1. The van der Waals surface area contributed by atoms with Gasteiger partial charge in [-0.3, -0.25) is 4.79 Å². The van der Waals surface area contributed by atoms with Crippen molar-refractivity contribution in [3.05, 3.63) is 34.3 Å². The number of carbonyl (C=O) groups excluding carboxylic acids is 1. The fraction of sp³-hybridized carbons (Fsp3) is 0.500.